The Labute approximate surface area is 152 Å². The lowest BCUT2D eigenvalue weighted by Crippen LogP contribution is -2.21. The Morgan fingerprint density at radius 3 is 2.56 bits per heavy atom. The van der Waals surface area contributed by atoms with Gasteiger partial charge in [-0.25, -0.2) is 0 Å². The smallest absolute Gasteiger partial charge is 0.287 e. The number of hydrogen-bond donors (Lipinski definition) is 1. The number of furan rings is 2. The van der Waals surface area contributed by atoms with Crippen molar-refractivity contribution in [3.8, 4) is 11.3 Å². The van der Waals surface area contributed by atoms with Gasteiger partial charge in [-0.1, -0.05) is 46.3 Å². The van der Waals surface area contributed by atoms with E-state index in [1.165, 1.54) is 0 Å². The van der Waals surface area contributed by atoms with Crippen molar-refractivity contribution >= 4 is 32.8 Å². The normalized spacial score (nSPS) is 10.9. The number of hydrogen-bond acceptors (Lipinski definition) is 3. The van der Waals surface area contributed by atoms with Crippen LogP contribution in [0.4, 0.5) is 0 Å². The molecular weight excluding hydrogens is 382 g/mol. The summed E-state index contributed by atoms with van der Waals surface area (Å²) in [6.07, 6.45) is 0. The van der Waals surface area contributed by atoms with Crippen molar-refractivity contribution in [2.24, 2.45) is 0 Å². The van der Waals surface area contributed by atoms with Crippen LogP contribution in [0.5, 0.6) is 0 Å². The lowest BCUT2D eigenvalue weighted by atomic mass is 10.2. The van der Waals surface area contributed by atoms with Crippen LogP contribution in [0.2, 0.25) is 0 Å². The highest BCUT2D eigenvalue weighted by Crippen LogP contribution is 2.24. The summed E-state index contributed by atoms with van der Waals surface area (Å²) in [6, 6.07) is 20.9. The number of rotatable bonds is 4. The minimum absolute atomic E-state index is 0.266. The second-order valence-corrected chi connectivity index (χ2v) is 6.52. The molecule has 0 aliphatic carbocycles. The molecule has 2 aromatic carbocycles. The van der Waals surface area contributed by atoms with E-state index in [0.29, 0.717) is 23.6 Å². The highest BCUT2D eigenvalue weighted by Gasteiger charge is 2.13. The van der Waals surface area contributed by atoms with Gasteiger partial charge in [-0.3, -0.25) is 4.79 Å². The van der Waals surface area contributed by atoms with Crippen LogP contribution in [0.25, 0.3) is 22.3 Å². The third kappa shape index (κ3) is 3.37. The van der Waals surface area contributed by atoms with Crippen molar-refractivity contribution < 1.29 is 13.6 Å². The van der Waals surface area contributed by atoms with Gasteiger partial charge in [0.2, 0.25) is 0 Å². The standard InChI is InChI=1S/C20H14BrNO3/c21-15-7-5-13(6-8-15)18-10-9-16(24-18)12-22-20(23)19-11-14-3-1-2-4-17(14)25-19/h1-11H,12H2,(H,22,23). The summed E-state index contributed by atoms with van der Waals surface area (Å²) in [5.74, 6) is 1.47. The van der Waals surface area contributed by atoms with Gasteiger partial charge in [0.1, 0.15) is 17.1 Å². The molecule has 0 fully saturated rings. The number of fused-ring (bicyclic) bond motifs is 1. The van der Waals surface area contributed by atoms with Gasteiger partial charge in [0.05, 0.1) is 6.54 Å². The fourth-order valence-electron chi connectivity index (χ4n) is 2.59. The van der Waals surface area contributed by atoms with E-state index < -0.39 is 0 Å². The van der Waals surface area contributed by atoms with Crippen LogP contribution in [0.1, 0.15) is 16.3 Å². The molecule has 5 heteroatoms. The molecule has 2 heterocycles. The quantitative estimate of drug-likeness (QED) is 0.504. The van der Waals surface area contributed by atoms with E-state index in [0.717, 1.165) is 21.2 Å². The molecule has 0 atom stereocenters. The molecule has 0 bridgehead atoms. The number of carbonyl (C=O) groups is 1. The second kappa shape index (κ2) is 6.61. The first-order chi connectivity index (χ1) is 12.2. The Balaban J connectivity index is 1.44. The van der Waals surface area contributed by atoms with E-state index in [4.69, 9.17) is 8.83 Å². The molecular formula is C20H14BrNO3. The Morgan fingerprint density at radius 2 is 1.76 bits per heavy atom. The first-order valence-electron chi connectivity index (χ1n) is 7.80. The molecule has 0 spiro atoms. The SMILES string of the molecule is O=C(NCc1ccc(-c2ccc(Br)cc2)o1)c1cc2ccccc2o1. The van der Waals surface area contributed by atoms with Gasteiger partial charge < -0.3 is 14.2 Å². The fraction of sp³-hybridized carbons (Fsp3) is 0.0500. The van der Waals surface area contributed by atoms with Crippen LogP contribution in [-0.4, -0.2) is 5.91 Å². The largest absolute Gasteiger partial charge is 0.459 e. The van der Waals surface area contributed by atoms with Gasteiger partial charge in [-0.2, -0.15) is 0 Å². The highest BCUT2D eigenvalue weighted by molar-refractivity contribution is 9.10. The topological polar surface area (TPSA) is 55.4 Å². The fourth-order valence-corrected chi connectivity index (χ4v) is 2.85. The van der Waals surface area contributed by atoms with E-state index in [2.05, 4.69) is 21.2 Å². The molecule has 0 unspecified atom stereocenters. The summed E-state index contributed by atoms with van der Waals surface area (Å²) in [4.78, 5) is 12.3. The maximum Gasteiger partial charge on any atom is 0.287 e. The van der Waals surface area contributed by atoms with Gasteiger partial charge in [-0.15, -0.1) is 0 Å². The Kier molecular flexibility index (Phi) is 4.15. The van der Waals surface area contributed by atoms with Crippen molar-refractivity contribution in [1.29, 1.82) is 0 Å². The lowest BCUT2D eigenvalue weighted by molar-refractivity contribution is 0.0922. The Morgan fingerprint density at radius 1 is 0.960 bits per heavy atom. The van der Waals surface area contributed by atoms with E-state index in [1.54, 1.807) is 6.07 Å². The minimum atomic E-state index is -0.266. The van der Waals surface area contributed by atoms with Crippen molar-refractivity contribution in [2.45, 2.75) is 6.54 Å². The summed E-state index contributed by atoms with van der Waals surface area (Å²) in [5.41, 5.74) is 1.68. The second-order valence-electron chi connectivity index (χ2n) is 5.60. The average molecular weight is 396 g/mol. The molecule has 4 aromatic rings. The van der Waals surface area contributed by atoms with Crippen LogP contribution in [0, 0.1) is 0 Å². The number of para-hydroxylation sites is 1. The van der Waals surface area contributed by atoms with Crippen LogP contribution in [0.15, 0.2) is 80.0 Å². The molecule has 1 N–H and O–H groups in total. The van der Waals surface area contributed by atoms with Crippen molar-refractivity contribution in [2.75, 3.05) is 0 Å². The predicted molar refractivity (Wildman–Crippen MR) is 99.2 cm³/mol. The maximum absolute atomic E-state index is 12.3. The highest BCUT2D eigenvalue weighted by atomic mass is 79.9. The van der Waals surface area contributed by atoms with Gasteiger partial charge in [0, 0.05) is 15.4 Å². The maximum atomic E-state index is 12.3. The molecule has 0 saturated heterocycles. The van der Waals surface area contributed by atoms with E-state index in [1.807, 2.05) is 60.7 Å². The summed E-state index contributed by atoms with van der Waals surface area (Å²) >= 11 is 3.41. The molecule has 124 valence electrons. The van der Waals surface area contributed by atoms with Gasteiger partial charge in [0.15, 0.2) is 5.76 Å². The number of halogens is 1. The molecule has 4 rings (SSSR count). The van der Waals surface area contributed by atoms with Gasteiger partial charge in [-0.05, 0) is 36.4 Å². The lowest BCUT2D eigenvalue weighted by Gasteiger charge is -2.01. The number of nitrogens with one attached hydrogen (secondary N) is 1. The van der Waals surface area contributed by atoms with Gasteiger partial charge in [0.25, 0.3) is 5.91 Å². The number of amides is 1. The molecule has 2 aromatic heterocycles. The monoisotopic (exact) mass is 395 g/mol. The molecule has 4 nitrogen and oxygen atoms in total. The summed E-state index contributed by atoms with van der Waals surface area (Å²) in [5, 5.41) is 3.72. The molecule has 0 aliphatic heterocycles. The third-order valence-corrected chi connectivity index (χ3v) is 4.39. The van der Waals surface area contributed by atoms with E-state index >= 15 is 0 Å². The zero-order valence-electron chi connectivity index (χ0n) is 13.2. The third-order valence-electron chi connectivity index (χ3n) is 3.86. The zero-order valence-corrected chi connectivity index (χ0v) is 14.7. The van der Waals surface area contributed by atoms with E-state index in [-0.39, 0.29) is 5.91 Å². The summed E-state index contributed by atoms with van der Waals surface area (Å²) in [6.45, 7) is 0.298. The zero-order chi connectivity index (χ0) is 17.2. The minimum Gasteiger partial charge on any atom is -0.459 e. The van der Waals surface area contributed by atoms with E-state index in [9.17, 15) is 4.79 Å². The summed E-state index contributed by atoms with van der Waals surface area (Å²) in [7, 11) is 0. The van der Waals surface area contributed by atoms with Crippen LogP contribution < -0.4 is 5.32 Å². The molecule has 0 saturated carbocycles. The predicted octanol–water partition coefficient (Wildman–Crippen LogP) is 5.39. The van der Waals surface area contributed by atoms with Crippen molar-refractivity contribution in [3.63, 3.8) is 0 Å². The molecule has 0 aliphatic rings. The van der Waals surface area contributed by atoms with Crippen molar-refractivity contribution in [3.05, 3.63) is 82.7 Å². The average Bonchev–Trinajstić information content (AvgIpc) is 3.27. The number of benzene rings is 2. The van der Waals surface area contributed by atoms with Crippen LogP contribution in [0.3, 0.4) is 0 Å². The number of carbonyl (C=O) groups excluding carboxylic acids is 1. The molecule has 1 amide bonds. The van der Waals surface area contributed by atoms with Gasteiger partial charge >= 0.3 is 0 Å². The Bertz CT molecular complexity index is 997. The molecule has 0 radical (unpaired) electrons. The first-order valence-corrected chi connectivity index (χ1v) is 8.60. The Hall–Kier alpha value is -2.79. The molecule has 25 heavy (non-hydrogen) atoms. The first kappa shape index (κ1) is 15.7. The van der Waals surface area contributed by atoms with Crippen LogP contribution in [-0.2, 0) is 6.54 Å². The van der Waals surface area contributed by atoms with Crippen molar-refractivity contribution in [1.82, 2.24) is 5.32 Å². The van der Waals surface area contributed by atoms with Crippen LogP contribution >= 0.6 is 15.9 Å². The summed E-state index contributed by atoms with van der Waals surface area (Å²) < 4.78 is 12.4.